The van der Waals surface area contributed by atoms with Gasteiger partial charge in [-0.1, -0.05) is 25.1 Å². The van der Waals surface area contributed by atoms with Crippen molar-refractivity contribution >= 4 is 0 Å². The highest BCUT2D eigenvalue weighted by Crippen LogP contribution is 2.32. The fourth-order valence-corrected chi connectivity index (χ4v) is 1.70. The third-order valence-corrected chi connectivity index (χ3v) is 2.70. The van der Waals surface area contributed by atoms with E-state index in [0.29, 0.717) is 5.75 Å². The molecule has 4 heteroatoms. The van der Waals surface area contributed by atoms with Crippen LogP contribution in [0.3, 0.4) is 0 Å². The third kappa shape index (κ3) is 3.50. The number of hydrogen-bond acceptors (Lipinski definition) is 1. The quantitative estimate of drug-likeness (QED) is 0.754. The number of aryl methyl sites for hydroxylation is 1. The third-order valence-electron chi connectivity index (χ3n) is 2.70. The minimum atomic E-state index is -4.36. The molecule has 0 aliphatic heterocycles. The molecule has 2 aromatic carbocycles. The molecule has 19 heavy (non-hydrogen) atoms. The summed E-state index contributed by atoms with van der Waals surface area (Å²) in [4.78, 5) is 0. The van der Waals surface area contributed by atoms with E-state index >= 15 is 0 Å². The molecule has 0 aliphatic carbocycles. The van der Waals surface area contributed by atoms with E-state index in [4.69, 9.17) is 4.74 Å². The summed E-state index contributed by atoms with van der Waals surface area (Å²) in [6, 6.07) is 12.2. The van der Waals surface area contributed by atoms with E-state index in [0.717, 1.165) is 24.1 Å². The van der Waals surface area contributed by atoms with Crippen LogP contribution in [0.2, 0.25) is 0 Å². The molecule has 0 N–H and O–H groups in total. The SMILES string of the molecule is CCc1cccc(Oc2cccc(C(F)(F)F)c2)c1. The minimum absolute atomic E-state index is 0.183. The Kier molecular flexibility index (Phi) is 3.79. The Morgan fingerprint density at radius 2 is 1.58 bits per heavy atom. The van der Waals surface area contributed by atoms with Gasteiger partial charge in [0.25, 0.3) is 0 Å². The number of alkyl halides is 3. The molecule has 0 heterocycles. The highest BCUT2D eigenvalue weighted by Gasteiger charge is 2.30. The molecule has 2 rings (SSSR count). The van der Waals surface area contributed by atoms with Crippen molar-refractivity contribution in [1.82, 2.24) is 0 Å². The van der Waals surface area contributed by atoms with Crippen molar-refractivity contribution in [3.63, 3.8) is 0 Å². The highest BCUT2D eigenvalue weighted by atomic mass is 19.4. The molecule has 0 aromatic heterocycles. The Hall–Kier alpha value is -1.97. The monoisotopic (exact) mass is 266 g/mol. The summed E-state index contributed by atoms with van der Waals surface area (Å²) in [6.45, 7) is 2.00. The van der Waals surface area contributed by atoms with Gasteiger partial charge in [0.05, 0.1) is 5.56 Å². The van der Waals surface area contributed by atoms with Crippen LogP contribution in [0.5, 0.6) is 11.5 Å². The van der Waals surface area contributed by atoms with Crippen molar-refractivity contribution in [2.75, 3.05) is 0 Å². The van der Waals surface area contributed by atoms with Gasteiger partial charge >= 0.3 is 6.18 Å². The maximum Gasteiger partial charge on any atom is 0.416 e. The van der Waals surface area contributed by atoms with E-state index in [1.807, 2.05) is 25.1 Å². The molecule has 0 fully saturated rings. The van der Waals surface area contributed by atoms with E-state index in [2.05, 4.69) is 0 Å². The first-order valence-electron chi connectivity index (χ1n) is 5.93. The first kappa shape index (κ1) is 13.5. The number of hydrogen-bond donors (Lipinski definition) is 0. The Bertz CT molecular complexity index is 561. The lowest BCUT2D eigenvalue weighted by molar-refractivity contribution is -0.137. The summed E-state index contributed by atoms with van der Waals surface area (Å²) < 4.78 is 43.2. The van der Waals surface area contributed by atoms with Crippen LogP contribution < -0.4 is 4.74 Å². The molecule has 0 atom stereocenters. The second-order valence-electron chi connectivity index (χ2n) is 4.13. The fraction of sp³-hybridized carbons (Fsp3) is 0.200. The molecule has 0 saturated carbocycles. The molecule has 0 radical (unpaired) electrons. The zero-order valence-electron chi connectivity index (χ0n) is 10.4. The Morgan fingerprint density at radius 1 is 0.947 bits per heavy atom. The molecule has 0 amide bonds. The number of benzene rings is 2. The fourth-order valence-electron chi connectivity index (χ4n) is 1.70. The Morgan fingerprint density at radius 3 is 2.21 bits per heavy atom. The zero-order valence-corrected chi connectivity index (χ0v) is 10.4. The predicted octanol–water partition coefficient (Wildman–Crippen LogP) is 5.06. The summed E-state index contributed by atoms with van der Waals surface area (Å²) >= 11 is 0. The summed E-state index contributed by atoms with van der Waals surface area (Å²) in [7, 11) is 0. The summed E-state index contributed by atoms with van der Waals surface area (Å²) in [5, 5.41) is 0. The predicted molar refractivity (Wildman–Crippen MR) is 67.3 cm³/mol. The van der Waals surface area contributed by atoms with Crippen LogP contribution in [0.25, 0.3) is 0 Å². The first-order chi connectivity index (χ1) is 8.99. The maximum absolute atomic E-state index is 12.6. The average molecular weight is 266 g/mol. The molecular weight excluding hydrogens is 253 g/mol. The summed E-state index contributed by atoms with van der Waals surface area (Å²) in [5.74, 6) is 0.724. The second kappa shape index (κ2) is 5.34. The van der Waals surface area contributed by atoms with Crippen molar-refractivity contribution < 1.29 is 17.9 Å². The van der Waals surface area contributed by atoms with E-state index in [1.165, 1.54) is 12.1 Å². The van der Waals surface area contributed by atoms with Gasteiger partial charge in [-0.15, -0.1) is 0 Å². The largest absolute Gasteiger partial charge is 0.457 e. The second-order valence-corrected chi connectivity index (χ2v) is 4.13. The topological polar surface area (TPSA) is 9.23 Å². The van der Waals surface area contributed by atoms with Gasteiger partial charge in [0.1, 0.15) is 11.5 Å². The van der Waals surface area contributed by atoms with Gasteiger partial charge in [-0.2, -0.15) is 13.2 Å². The zero-order chi connectivity index (χ0) is 13.9. The van der Waals surface area contributed by atoms with E-state index < -0.39 is 11.7 Å². The van der Waals surface area contributed by atoms with Crippen molar-refractivity contribution in [3.05, 3.63) is 59.7 Å². The molecule has 0 unspecified atom stereocenters. The molecule has 0 bridgehead atoms. The first-order valence-corrected chi connectivity index (χ1v) is 5.93. The maximum atomic E-state index is 12.6. The minimum Gasteiger partial charge on any atom is -0.457 e. The lowest BCUT2D eigenvalue weighted by Crippen LogP contribution is -2.04. The molecule has 0 aliphatic rings. The number of ether oxygens (including phenoxy) is 1. The molecule has 100 valence electrons. The van der Waals surface area contributed by atoms with Gasteiger partial charge < -0.3 is 4.74 Å². The molecule has 0 saturated heterocycles. The van der Waals surface area contributed by atoms with Crippen molar-refractivity contribution in [1.29, 1.82) is 0 Å². The lowest BCUT2D eigenvalue weighted by atomic mass is 10.1. The lowest BCUT2D eigenvalue weighted by Gasteiger charge is -2.10. The van der Waals surface area contributed by atoms with Crippen LogP contribution in [0.15, 0.2) is 48.5 Å². The van der Waals surface area contributed by atoms with E-state index in [1.54, 1.807) is 6.07 Å². The van der Waals surface area contributed by atoms with Crippen LogP contribution in [0.4, 0.5) is 13.2 Å². The van der Waals surface area contributed by atoms with Crippen molar-refractivity contribution in [3.8, 4) is 11.5 Å². The normalized spacial score (nSPS) is 11.4. The van der Waals surface area contributed by atoms with Crippen LogP contribution in [-0.2, 0) is 12.6 Å². The smallest absolute Gasteiger partial charge is 0.416 e. The number of rotatable bonds is 3. The van der Waals surface area contributed by atoms with Gasteiger partial charge in [0.15, 0.2) is 0 Å². The van der Waals surface area contributed by atoms with Gasteiger partial charge in [0, 0.05) is 0 Å². The van der Waals surface area contributed by atoms with Gasteiger partial charge in [0.2, 0.25) is 0 Å². The number of halogens is 3. The van der Waals surface area contributed by atoms with Gasteiger partial charge in [-0.25, -0.2) is 0 Å². The van der Waals surface area contributed by atoms with Crippen molar-refractivity contribution in [2.24, 2.45) is 0 Å². The standard InChI is InChI=1S/C15H13F3O/c1-2-11-5-3-7-13(9-11)19-14-8-4-6-12(10-14)15(16,17)18/h3-10H,2H2,1H3. The summed E-state index contributed by atoms with van der Waals surface area (Å²) in [5.41, 5.74) is 0.362. The average Bonchev–Trinajstić information content (AvgIpc) is 2.38. The Labute approximate surface area is 109 Å². The Balaban J connectivity index is 2.23. The summed E-state index contributed by atoms with van der Waals surface area (Å²) in [6.07, 6.45) is -3.51. The van der Waals surface area contributed by atoms with Gasteiger partial charge in [-0.05, 0) is 42.3 Å². The van der Waals surface area contributed by atoms with Crippen molar-refractivity contribution in [2.45, 2.75) is 19.5 Å². The van der Waals surface area contributed by atoms with Gasteiger partial charge in [-0.3, -0.25) is 0 Å². The molecule has 1 nitrogen and oxygen atoms in total. The van der Waals surface area contributed by atoms with E-state index in [9.17, 15) is 13.2 Å². The highest BCUT2D eigenvalue weighted by molar-refractivity contribution is 5.36. The molecule has 2 aromatic rings. The van der Waals surface area contributed by atoms with Crippen LogP contribution in [-0.4, -0.2) is 0 Å². The van der Waals surface area contributed by atoms with E-state index in [-0.39, 0.29) is 5.75 Å². The van der Waals surface area contributed by atoms with Crippen LogP contribution in [0.1, 0.15) is 18.1 Å². The molecule has 0 spiro atoms. The van der Waals surface area contributed by atoms with Crippen LogP contribution in [0, 0.1) is 0 Å². The molecular formula is C15H13F3O. The van der Waals surface area contributed by atoms with Crippen LogP contribution >= 0.6 is 0 Å².